The standard InChI is InChI=1S/C24H37N5O5/c1-6-8-13-29-19-18(20(30)26-23(29)33)28(11-7-2)17(25-19)15-34-21(31)16-10-9-12-27(14-16)22(32)24(3,4)5/h16H,6-15H2,1-5H3,(H,26,30,33). The van der Waals surface area contributed by atoms with Crippen molar-refractivity contribution in [3.8, 4) is 0 Å². The monoisotopic (exact) mass is 475 g/mol. The largest absolute Gasteiger partial charge is 0.457 e. The maximum Gasteiger partial charge on any atom is 0.330 e. The minimum atomic E-state index is -0.503. The highest BCUT2D eigenvalue weighted by molar-refractivity contribution is 5.82. The van der Waals surface area contributed by atoms with Crippen LogP contribution in [0.25, 0.3) is 11.2 Å². The highest BCUT2D eigenvalue weighted by atomic mass is 16.5. The van der Waals surface area contributed by atoms with Gasteiger partial charge in [-0.3, -0.25) is 23.9 Å². The van der Waals surface area contributed by atoms with E-state index in [1.165, 1.54) is 4.57 Å². The minimum Gasteiger partial charge on any atom is -0.457 e. The normalized spacial score (nSPS) is 16.7. The van der Waals surface area contributed by atoms with Crippen molar-refractivity contribution in [3.05, 3.63) is 26.7 Å². The second kappa shape index (κ2) is 10.6. The predicted molar refractivity (Wildman–Crippen MR) is 128 cm³/mol. The highest BCUT2D eigenvalue weighted by Gasteiger charge is 2.34. The molecule has 1 fully saturated rings. The number of carbonyl (C=O) groups is 2. The summed E-state index contributed by atoms with van der Waals surface area (Å²) in [5.74, 6) is -0.307. The van der Waals surface area contributed by atoms with Crippen LogP contribution < -0.4 is 11.2 Å². The van der Waals surface area contributed by atoms with Gasteiger partial charge in [-0.05, 0) is 25.7 Å². The second-order valence-electron chi connectivity index (χ2n) is 10.1. The average molecular weight is 476 g/mol. The number of rotatable bonds is 8. The summed E-state index contributed by atoms with van der Waals surface area (Å²) < 4.78 is 8.85. The number of esters is 1. The summed E-state index contributed by atoms with van der Waals surface area (Å²) in [6.07, 6.45) is 3.82. The third-order valence-corrected chi connectivity index (χ3v) is 6.17. The van der Waals surface area contributed by atoms with E-state index >= 15 is 0 Å². The molecule has 0 saturated carbocycles. The molecule has 2 aromatic heterocycles. The number of aromatic amines is 1. The van der Waals surface area contributed by atoms with Crippen molar-refractivity contribution in [1.29, 1.82) is 0 Å². The molecule has 0 spiro atoms. The van der Waals surface area contributed by atoms with Gasteiger partial charge in [0, 0.05) is 31.6 Å². The van der Waals surface area contributed by atoms with Crippen LogP contribution in [0.2, 0.25) is 0 Å². The molecule has 1 aliphatic heterocycles. The molecular formula is C24H37N5O5. The summed E-state index contributed by atoms with van der Waals surface area (Å²) in [6.45, 7) is 11.5. The number of likely N-dealkylation sites (tertiary alicyclic amines) is 1. The molecule has 1 saturated heterocycles. The number of hydrogen-bond donors (Lipinski definition) is 1. The number of fused-ring (bicyclic) bond motifs is 1. The third-order valence-electron chi connectivity index (χ3n) is 6.17. The summed E-state index contributed by atoms with van der Waals surface area (Å²) >= 11 is 0. The molecule has 34 heavy (non-hydrogen) atoms. The van der Waals surface area contributed by atoms with Crippen molar-refractivity contribution in [2.45, 2.75) is 86.4 Å². The SMILES string of the molecule is CCCCn1c(=O)[nH]c(=O)c2c1nc(COC(=O)C1CCCN(C(=O)C(C)(C)C)C1)n2CCC. The predicted octanol–water partition coefficient (Wildman–Crippen LogP) is 2.42. The molecule has 1 aliphatic rings. The zero-order chi connectivity index (χ0) is 25.0. The van der Waals surface area contributed by atoms with E-state index in [1.54, 1.807) is 9.47 Å². The van der Waals surface area contributed by atoms with Gasteiger partial charge in [-0.1, -0.05) is 41.0 Å². The number of piperidine rings is 1. The average Bonchev–Trinajstić information content (AvgIpc) is 3.15. The zero-order valence-electron chi connectivity index (χ0n) is 21.0. The maximum absolute atomic E-state index is 12.9. The van der Waals surface area contributed by atoms with Gasteiger partial charge >= 0.3 is 11.7 Å². The molecule has 0 aliphatic carbocycles. The summed E-state index contributed by atoms with van der Waals surface area (Å²) in [6, 6.07) is 0. The summed E-state index contributed by atoms with van der Waals surface area (Å²) in [5, 5.41) is 0. The Labute approximate surface area is 199 Å². The van der Waals surface area contributed by atoms with E-state index in [2.05, 4.69) is 9.97 Å². The van der Waals surface area contributed by atoms with Gasteiger partial charge in [0.05, 0.1) is 5.92 Å². The van der Waals surface area contributed by atoms with Crippen LogP contribution in [-0.2, 0) is 34.0 Å². The van der Waals surface area contributed by atoms with Gasteiger partial charge in [-0.25, -0.2) is 9.78 Å². The Hall–Kier alpha value is -2.91. The number of aromatic nitrogens is 4. The third kappa shape index (κ3) is 5.42. The lowest BCUT2D eigenvalue weighted by Gasteiger charge is -2.35. The molecule has 2 aromatic rings. The van der Waals surface area contributed by atoms with Crippen LogP contribution in [0.3, 0.4) is 0 Å². The molecule has 10 nitrogen and oxygen atoms in total. The van der Waals surface area contributed by atoms with E-state index in [4.69, 9.17) is 4.74 Å². The highest BCUT2D eigenvalue weighted by Crippen LogP contribution is 2.24. The van der Waals surface area contributed by atoms with E-state index in [9.17, 15) is 19.2 Å². The number of hydrogen-bond acceptors (Lipinski definition) is 6. The molecule has 3 rings (SSSR count). The number of aryl methyl sites for hydroxylation is 2. The minimum absolute atomic E-state index is 0.0269. The summed E-state index contributed by atoms with van der Waals surface area (Å²) in [4.78, 5) is 59.3. The molecule has 0 bridgehead atoms. The number of nitrogens with zero attached hydrogens (tertiary/aromatic N) is 4. The van der Waals surface area contributed by atoms with Crippen LogP contribution in [0, 0.1) is 11.3 Å². The van der Waals surface area contributed by atoms with E-state index in [0.717, 1.165) is 25.7 Å². The molecule has 188 valence electrons. The first-order valence-corrected chi connectivity index (χ1v) is 12.3. The van der Waals surface area contributed by atoms with Crippen molar-refractivity contribution < 1.29 is 14.3 Å². The molecule has 1 N–H and O–H groups in total. The lowest BCUT2D eigenvalue weighted by atomic mass is 9.91. The van der Waals surface area contributed by atoms with Crippen LogP contribution in [0.4, 0.5) is 0 Å². The Bertz CT molecular complexity index is 1150. The Morgan fingerprint density at radius 1 is 1.12 bits per heavy atom. The zero-order valence-corrected chi connectivity index (χ0v) is 21.0. The Kier molecular flexibility index (Phi) is 7.99. The molecule has 1 unspecified atom stereocenters. The summed E-state index contributed by atoms with van der Waals surface area (Å²) in [7, 11) is 0. The van der Waals surface area contributed by atoms with Crippen LogP contribution in [0.15, 0.2) is 9.59 Å². The number of amides is 1. The quantitative estimate of drug-likeness (QED) is 0.586. The first-order valence-electron chi connectivity index (χ1n) is 12.3. The smallest absolute Gasteiger partial charge is 0.330 e. The Morgan fingerprint density at radius 3 is 2.50 bits per heavy atom. The van der Waals surface area contributed by atoms with Crippen molar-refractivity contribution >= 4 is 23.0 Å². The molecule has 0 radical (unpaired) electrons. The van der Waals surface area contributed by atoms with Crippen molar-refractivity contribution in [2.24, 2.45) is 11.3 Å². The number of unbranched alkanes of at least 4 members (excludes halogenated alkanes) is 1. The van der Waals surface area contributed by atoms with Gasteiger partial charge in [0.25, 0.3) is 5.56 Å². The molecular weight excluding hydrogens is 438 g/mol. The number of imidazole rings is 1. The first-order chi connectivity index (χ1) is 16.1. The Morgan fingerprint density at radius 2 is 1.85 bits per heavy atom. The van der Waals surface area contributed by atoms with E-state index < -0.39 is 22.6 Å². The van der Waals surface area contributed by atoms with Gasteiger partial charge in [0.15, 0.2) is 11.2 Å². The van der Waals surface area contributed by atoms with Crippen LogP contribution in [-0.4, -0.2) is 49.0 Å². The van der Waals surface area contributed by atoms with Crippen LogP contribution in [0.1, 0.15) is 72.5 Å². The number of carbonyl (C=O) groups excluding carboxylic acids is 2. The van der Waals surface area contributed by atoms with Gasteiger partial charge < -0.3 is 14.2 Å². The number of H-pyrrole nitrogens is 1. The fraction of sp³-hybridized carbons (Fsp3) is 0.708. The van der Waals surface area contributed by atoms with Gasteiger partial charge in [0.1, 0.15) is 12.4 Å². The van der Waals surface area contributed by atoms with Gasteiger partial charge in [-0.2, -0.15) is 0 Å². The Balaban J connectivity index is 1.83. The lowest BCUT2D eigenvalue weighted by molar-refractivity contribution is -0.154. The van der Waals surface area contributed by atoms with Crippen LogP contribution in [0.5, 0.6) is 0 Å². The number of nitrogens with one attached hydrogen (secondary N) is 1. The number of ether oxygens (including phenoxy) is 1. The van der Waals surface area contributed by atoms with Crippen molar-refractivity contribution in [3.63, 3.8) is 0 Å². The van der Waals surface area contributed by atoms with Gasteiger partial charge in [-0.15, -0.1) is 0 Å². The van der Waals surface area contributed by atoms with Crippen molar-refractivity contribution in [1.82, 2.24) is 24.0 Å². The molecule has 3 heterocycles. The molecule has 1 atom stereocenters. The first kappa shape index (κ1) is 25.7. The maximum atomic E-state index is 12.9. The van der Waals surface area contributed by atoms with Gasteiger partial charge in [0.2, 0.25) is 5.91 Å². The van der Waals surface area contributed by atoms with Crippen LogP contribution >= 0.6 is 0 Å². The fourth-order valence-corrected chi connectivity index (χ4v) is 4.40. The topological polar surface area (TPSA) is 119 Å². The van der Waals surface area contributed by atoms with E-state index in [1.807, 2.05) is 34.6 Å². The summed E-state index contributed by atoms with van der Waals surface area (Å²) in [5.41, 5.74) is -0.835. The van der Waals surface area contributed by atoms with E-state index in [0.29, 0.717) is 49.6 Å². The molecule has 1 amide bonds. The van der Waals surface area contributed by atoms with E-state index in [-0.39, 0.29) is 18.5 Å². The molecule has 0 aromatic carbocycles. The van der Waals surface area contributed by atoms with Crippen molar-refractivity contribution in [2.75, 3.05) is 13.1 Å². The lowest BCUT2D eigenvalue weighted by Crippen LogP contribution is -2.47. The fourth-order valence-electron chi connectivity index (χ4n) is 4.40. The molecule has 10 heteroatoms. The second-order valence-corrected chi connectivity index (χ2v) is 10.1.